The lowest BCUT2D eigenvalue weighted by molar-refractivity contribution is 0.410. The van der Waals surface area contributed by atoms with E-state index >= 15 is 0 Å². The molecule has 90 valence electrons. The first-order valence-corrected chi connectivity index (χ1v) is 6.47. The number of thiazole rings is 1. The van der Waals surface area contributed by atoms with E-state index in [1.54, 1.807) is 18.4 Å². The van der Waals surface area contributed by atoms with E-state index in [1.807, 2.05) is 19.2 Å². The second-order valence-electron chi connectivity index (χ2n) is 3.67. The molecule has 1 N–H and O–H groups in total. The van der Waals surface area contributed by atoms with Gasteiger partial charge in [0.05, 0.1) is 12.8 Å². The summed E-state index contributed by atoms with van der Waals surface area (Å²) in [6.07, 6.45) is 0.958. The number of ether oxygens (including phenoxy) is 1. The van der Waals surface area contributed by atoms with Crippen LogP contribution in [0.2, 0.25) is 0 Å². The van der Waals surface area contributed by atoms with Gasteiger partial charge in [0.1, 0.15) is 5.75 Å². The van der Waals surface area contributed by atoms with Crippen LogP contribution >= 0.6 is 11.3 Å². The number of hydrogen-bond acceptors (Lipinski definition) is 4. The van der Waals surface area contributed by atoms with Crippen LogP contribution in [0.3, 0.4) is 0 Å². The quantitative estimate of drug-likeness (QED) is 0.900. The Bertz CT molecular complexity index is 508. The van der Waals surface area contributed by atoms with Crippen molar-refractivity contribution in [3.8, 4) is 17.0 Å². The fraction of sp³-hybridized carbons (Fsp3) is 0.308. The van der Waals surface area contributed by atoms with Crippen molar-refractivity contribution in [2.24, 2.45) is 0 Å². The van der Waals surface area contributed by atoms with Crippen LogP contribution in [0.15, 0.2) is 23.6 Å². The Balaban J connectivity index is 2.38. The van der Waals surface area contributed by atoms with Gasteiger partial charge in [-0.15, -0.1) is 11.3 Å². The summed E-state index contributed by atoms with van der Waals surface area (Å²) in [4.78, 5) is 4.50. The predicted molar refractivity (Wildman–Crippen MR) is 73.0 cm³/mol. The van der Waals surface area contributed by atoms with Gasteiger partial charge in [-0.05, 0) is 30.2 Å². The molecule has 3 nitrogen and oxygen atoms in total. The fourth-order valence-corrected chi connectivity index (χ4v) is 2.42. The van der Waals surface area contributed by atoms with Crippen molar-refractivity contribution < 1.29 is 4.74 Å². The van der Waals surface area contributed by atoms with E-state index in [9.17, 15) is 0 Å². The lowest BCUT2D eigenvalue weighted by atomic mass is 10.1. The van der Waals surface area contributed by atoms with Gasteiger partial charge in [0.2, 0.25) is 0 Å². The molecule has 1 heterocycles. The zero-order valence-corrected chi connectivity index (χ0v) is 11.1. The Morgan fingerprint density at radius 2 is 2.24 bits per heavy atom. The zero-order chi connectivity index (χ0) is 12.3. The molecule has 4 heteroatoms. The van der Waals surface area contributed by atoms with E-state index in [0.717, 1.165) is 28.6 Å². The molecule has 0 saturated carbocycles. The topological polar surface area (TPSA) is 34.2 Å². The highest BCUT2D eigenvalue weighted by molar-refractivity contribution is 7.14. The number of anilines is 1. The van der Waals surface area contributed by atoms with Crippen molar-refractivity contribution in [2.75, 3.05) is 19.5 Å². The number of aryl methyl sites for hydroxylation is 1. The minimum absolute atomic E-state index is 0.939. The maximum Gasteiger partial charge on any atom is 0.182 e. The molecule has 2 rings (SSSR count). The summed E-state index contributed by atoms with van der Waals surface area (Å²) in [5.41, 5.74) is 3.36. The van der Waals surface area contributed by atoms with Gasteiger partial charge in [0, 0.05) is 18.0 Å². The lowest BCUT2D eigenvalue weighted by Gasteiger charge is -2.07. The molecule has 0 radical (unpaired) electrons. The minimum atomic E-state index is 0.939. The standard InChI is InChI=1S/C13H16N2OS/c1-4-9-7-10(5-6-12(9)16-3)11-8-17-13(14-2)15-11/h5-8H,4H2,1-3H3,(H,14,15). The molecule has 0 amide bonds. The van der Waals surface area contributed by atoms with Crippen LogP contribution in [0.5, 0.6) is 5.75 Å². The summed E-state index contributed by atoms with van der Waals surface area (Å²) in [5, 5.41) is 6.05. The molecule has 0 atom stereocenters. The smallest absolute Gasteiger partial charge is 0.182 e. The summed E-state index contributed by atoms with van der Waals surface area (Å²) >= 11 is 1.61. The van der Waals surface area contributed by atoms with Gasteiger partial charge in [-0.1, -0.05) is 6.92 Å². The number of hydrogen-bond donors (Lipinski definition) is 1. The first-order chi connectivity index (χ1) is 8.28. The highest BCUT2D eigenvalue weighted by Crippen LogP contribution is 2.29. The number of rotatable bonds is 4. The summed E-state index contributed by atoms with van der Waals surface area (Å²) < 4.78 is 5.32. The van der Waals surface area contributed by atoms with Crippen molar-refractivity contribution in [3.63, 3.8) is 0 Å². The van der Waals surface area contributed by atoms with Gasteiger partial charge in [-0.2, -0.15) is 0 Å². The average Bonchev–Trinajstić information content (AvgIpc) is 2.86. The first-order valence-electron chi connectivity index (χ1n) is 5.59. The van der Waals surface area contributed by atoms with E-state index in [4.69, 9.17) is 4.74 Å². The van der Waals surface area contributed by atoms with E-state index in [1.165, 1.54) is 5.56 Å². The molecule has 0 saturated heterocycles. The number of nitrogens with one attached hydrogen (secondary N) is 1. The third-order valence-corrected chi connectivity index (χ3v) is 3.53. The largest absolute Gasteiger partial charge is 0.496 e. The van der Waals surface area contributed by atoms with Gasteiger partial charge >= 0.3 is 0 Å². The van der Waals surface area contributed by atoms with Crippen molar-refractivity contribution in [1.82, 2.24) is 4.98 Å². The van der Waals surface area contributed by atoms with Gasteiger partial charge in [0.15, 0.2) is 5.13 Å². The maximum absolute atomic E-state index is 5.32. The molecule has 0 fully saturated rings. The van der Waals surface area contributed by atoms with E-state index < -0.39 is 0 Å². The molecule has 0 aliphatic rings. The summed E-state index contributed by atoms with van der Waals surface area (Å²) in [6.45, 7) is 2.13. The van der Waals surface area contributed by atoms with Crippen molar-refractivity contribution in [1.29, 1.82) is 0 Å². The highest BCUT2D eigenvalue weighted by atomic mass is 32.1. The molecular formula is C13H16N2OS. The second-order valence-corrected chi connectivity index (χ2v) is 4.53. The van der Waals surface area contributed by atoms with Crippen molar-refractivity contribution in [2.45, 2.75) is 13.3 Å². The number of nitrogens with zero attached hydrogens (tertiary/aromatic N) is 1. The monoisotopic (exact) mass is 248 g/mol. The molecule has 1 aromatic carbocycles. The van der Waals surface area contributed by atoms with E-state index in [2.05, 4.69) is 28.7 Å². The molecule has 0 aliphatic carbocycles. The van der Waals surface area contributed by atoms with Crippen LogP contribution in [-0.2, 0) is 6.42 Å². The van der Waals surface area contributed by atoms with Crippen LogP contribution in [-0.4, -0.2) is 19.1 Å². The van der Waals surface area contributed by atoms with Crippen LogP contribution in [0.4, 0.5) is 5.13 Å². The van der Waals surface area contributed by atoms with Crippen LogP contribution < -0.4 is 10.1 Å². The number of aromatic nitrogens is 1. The van der Waals surface area contributed by atoms with Crippen molar-refractivity contribution >= 4 is 16.5 Å². The second kappa shape index (κ2) is 5.19. The van der Waals surface area contributed by atoms with Gasteiger partial charge < -0.3 is 10.1 Å². The third kappa shape index (κ3) is 2.42. The minimum Gasteiger partial charge on any atom is -0.496 e. The molecular weight excluding hydrogens is 232 g/mol. The predicted octanol–water partition coefficient (Wildman–Crippen LogP) is 3.42. The Hall–Kier alpha value is -1.55. The molecule has 0 spiro atoms. The molecule has 0 bridgehead atoms. The van der Waals surface area contributed by atoms with Gasteiger partial charge in [-0.25, -0.2) is 4.98 Å². The Morgan fingerprint density at radius 3 is 2.82 bits per heavy atom. The Morgan fingerprint density at radius 1 is 1.41 bits per heavy atom. The van der Waals surface area contributed by atoms with Crippen LogP contribution in [0.1, 0.15) is 12.5 Å². The van der Waals surface area contributed by atoms with Crippen molar-refractivity contribution in [3.05, 3.63) is 29.1 Å². The summed E-state index contributed by atoms with van der Waals surface area (Å²) in [5.74, 6) is 0.945. The normalized spacial score (nSPS) is 10.3. The highest BCUT2D eigenvalue weighted by Gasteiger charge is 2.07. The SMILES string of the molecule is CCc1cc(-c2csc(NC)n2)ccc1OC. The van der Waals surface area contributed by atoms with Gasteiger partial charge in [-0.3, -0.25) is 0 Å². The number of methoxy groups -OCH3 is 1. The average molecular weight is 248 g/mol. The molecule has 0 unspecified atom stereocenters. The third-order valence-electron chi connectivity index (χ3n) is 2.68. The molecule has 0 aliphatic heterocycles. The molecule has 1 aromatic heterocycles. The van der Waals surface area contributed by atoms with E-state index in [-0.39, 0.29) is 0 Å². The summed E-state index contributed by atoms with van der Waals surface area (Å²) in [6, 6.07) is 6.20. The van der Waals surface area contributed by atoms with Crippen LogP contribution in [0, 0.1) is 0 Å². The first kappa shape index (κ1) is 11.9. The molecule has 2 aromatic rings. The Labute approximate surface area is 105 Å². The van der Waals surface area contributed by atoms with Gasteiger partial charge in [0.25, 0.3) is 0 Å². The maximum atomic E-state index is 5.32. The van der Waals surface area contributed by atoms with Crippen LogP contribution in [0.25, 0.3) is 11.3 Å². The summed E-state index contributed by atoms with van der Waals surface area (Å²) in [7, 11) is 3.59. The molecule has 17 heavy (non-hydrogen) atoms. The number of benzene rings is 1. The zero-order valence-electron chi connectivity index (χ0n) is 10.3. The lowest BCUT2D eigenvalue weighted by Crippen LogP contribution is -1.91. The Kier molecular flexibility index (Phi) is 3.64. The fourth-order valence-electron chi connectivity index (χ4n) is 1.74. The van der Waals surface area contributed by atoms with E-state index in [0.29, 0.717) is 0 Å².